The van der Waals surface area contributed by atoms with Gasteiger partial charge in [-0.2, -0.15) is 0 Å². The van der Waals surface area contributed by atoms with Crippen LogP contribution in [0.15, 0.2) is 24.3 Å². The molecule has 4 rings (SSSR count). The Morgan fingerprint density at radius 3 is 2.50 bits per heavy atom. The Morgan fingerprint density at radius 2 is 1.74 bits per heavy atom. The van der Waals surface area contributed by atoms with Gasteiger partial charge in [0.2, 0.25) is 11.8 Å². The van der Waals surface area contributed by atoms with Crippen molar-refractivity contribution in [1.29, 1.82) is 0 Å². The number of carbonyl (C=O) groups is 2. The number of anilines is 2. The van der Waals surface area contributed by atoms with Gasteiger partial charge < -0.3 is 15.5 Å². The summed E-state index contributed by atoms with van der Waals surface area (Å²) in [7, 11) is 0. The first kappa shape index (κ1) is 24.5. The molecule has 2 amide bonds. The number of aromatic nitrogens is 1. The van der Waals surface area contributed by atoms with E-state index in [2.05, 4.69) is 49.3 Å². The van der Waals surface area contributed by atoms with E-state index in [-0.39, 0.29) is 30.7 Å². The molecule has 6 heteroatoms. The van der Waals surface area contributed by atoms with Gasteiger partial charge in [0.15, 0.2) is 0 Å². The predicted octanol–water partition coefficient (Wildman–Crippen LogP) is 5.44. The van der Waals surface area contributed by atoms with Crippen LogP contribution in [0.3, 0.4) is 0 Å². The fraction of sp³-hybridized carbons (Fsp3) is 0.607. The highest BCUT2D eigenvalue weighted by molar-refractivity contribution is 5.96. The summed E-state index contributed by atoms with van der Waals surface area (Å²) >= 11 is 0. The minimum Gasteiger partial charge on any atom is -0.357 e. The smallest absolute Gasteiger partial charge is 0.224 e. The van der Waals surface area contributed by atoms with Gasteiger partial charge in [0.25, 0.3) is 0 Å². The molecule has 0 bridgehead atoms. The SMILES string of the molecule is Cc1cc(N2CCC(C)CC2)nc2ccc(NC(=O)CCC(=O)N[C@@H]3CCC[C@H](C)[C@H]3C)cc12. The van der Waals surface area contributed by atoms with Crippen LogP contribution in [-0.4, -0.2) is 35.9 Å². The molecule has 34 heavy (non-hydrogen) atoms. The number of benzene rings is 1. The molecule has 3 atom stereocenters. The second-order valence-electron chi connectivity index (χ2n) is 10.7. The summed E-state index contributed by atoms with van der Waals surface area (Å²) in [6.07, 6.45) is 6.24. The van der Waals surface area contributed by atoms with Crippen molar-refractivity contribution in [3.63, 3.8) is 0 Å². The Hall–Kier alpha value is -2.63. The molecule has 1 saturated heterocycles. The molecule has 6 nitrogen and oxygen atoms in total. The average Bonchev–Trinajstić information content (AvgIpc) is 2.81. The van der Waals surface area contributed by atoms with Crippen LogP contribution in [0.25, 0.3) is 10.9 Å². The van der Waals surface area contributed by atoms with Crippen LogP contribution >= 0.6 is 0 Å². The highest BCUT2D eigenvalue weighted by atomic mass is 16.2. The number of amides is 2. The van der Waals surface area contributed by atoms with Gasteiger partial charge in [-0.05, 0) is 73.8 Å². The zero-order chi connectivity index (χ0) is 24.2. The molecule has 1 aliphatic heterocycles. The molecule has 184 valence electrons. The number of nitrogens with zero attached hydrogens (tertiary/aromatic N) is 2. The number of carbonyl (C=O) groups excluding carboxylic acids is 2. The lowest BCUT2D eigenvalue weighted by Crippen LogP contribution is -2.43. The van der Waals surface area contributed by atoms with Crippen LogP contribution in [0.1, 0.15) is 71.3 Å². The number of nitrogens with one attached hydrogen (secondary N) is 2. The van der Waals surface area contributed by atoms with Crippen molar-refractivity contribution >= 4 is 34.2 Å². The number of aryl methyl sites for hydroxylation is 1. The zero-order valence-corrected chi connectivity index (χ0v) is 21.2. The molecule has 0 radical (unpaired) electrons. The standard InChI is InChI=1S/C28H40N4O2/c1-18-12-14-32(15-13-18)26-16-20(3)23-17-22(8-9-25(23)30-26)29-27(33)10-11-28(34)31-24-7-5-6-19(2)21(24)4/h8-9,16-19,21,24H,5-7,10-15H2,1-4H3,(H,29,33)(H,31,34)/t19-,21+,24+/m0/s1. The first-order chi connectivity index (χ1) is 16.3. The van der Waals surface area contributed by atoms with Gasteiger partial charge >= 0.3 is 0 Å². The molecule has 2 heterocycles. The van der Waals surface area contributed by atoms with Crippen molar-refractivity contribution in [1.82, 2.24) is 10.3 Å². The first-order valence-electron chi connectivity index (χ1n) is 13.1. The molecule has 2 aromatic rings. The second-order valence-corrected chi connectivity index (χ2v) is 10.7. The Balaban J connectivity index is 1.32. The minimum absolute atomic E-state index is 0.0284. The molecule has 2 N–H and O–H groups in total. The maximum Gasteiger partial charge on any atom is 0.224 e. The lowest BCUT2D eigenvalue weighted by molar-refractivity contribution is -0.125. The summed E-state index contributed by atoms with van der Waals surface area (Å²) < 4.78 is 0. The van der Waals surface area contributed by atoms with Crippen molar-refractivity contribution in [2.24, 2.45) is 17.8 Å². The third-order valence-corrected chi connectivity index (χ3v) is 8.03. The van der Waals surface area contributed by atoms with Crippen molar-refractivity contribution < 1.29 is 9.59 Å². The Bertz CT molecular complexity index is 1030. The molecule has 1 aromatic heterocycles. The van der Waals surface area contributed by atoms with Gasteiger partial charge in [-0.3, -0.25) is 9.59 Å². The minimum atomic E-state index is -0.135. The molecule has 2 fully saturated rings. The molecule has 1 aliphatic carbocycles. The largest absolute Gasteiger partial charge is 0.357 e. The quantitative estimate of drug-likeness (QED) is 0.597. The monoisotopic (exact) mass is 464 g/mol. The first-order valence-corrected chi connectivity index (χ1v) is 13.1. The molecule has 1 aromatic carbocycles. The molecule has 2 aliphatic rings. The van der Waals surface area contributed by atoms with Crippen molar-refractivity contribution in [3.8, 4) is 0 Å². The zero-order valence-electron chi connectivity index (χ0n) is 21.2. The van der Waals surface area contributed by atoms with Gasteiger partial charge in [0, 0.05) is 43.0 Å². The summed E-state index contributed by atoms with van der Waals surface area (Å²) in [6, 6.07) is 8.25. The van der Waals surface area contributed by atoms with E-state index in [9.17, 15) is 9.59 Å². The van der Waals surface area contributed by atoms with E-state index in [1.807, 2.05) is 18.2 Å². The van der Waals surface area contributed by atoms with E-state index in [0.29, 0.717) is 11.8 Å². The summed E-state index contributed by atoms with van der Waals surface area (Å²) in [5.41, 5.74) is 2.85. The number of pyridine rings is 1. The van der Waals surface area contributed by atoms with Gasteiger partial charge in [-0.15, -0.1) is 0 Å². The lowest BCUT2D eigenvalue weighted by Gasteiger charge is -2.34. The predicted molar refractivity (Wildman–Crippen MR) is 139 cm³/mol. The highest BCUT2D eigenvalue weighted by Crippen LogP contribution is 2.30. The fourth-order valence-corrected chi connectivity index (χ4v) is 5.37. The summed E-state index contributed by atoms with van der Waals surface area (Å²) in [4.78, 5) is 32.2. The number of hydrogen-bond acceptors (Lipinski definition) is 4. The van der Waals surface area contributed by atoms with Crippen molar-refractivity contribution in [2.75, 3.05) is 23.3 Å². The number of fused-ring (bicyclic) bond motifs is 1. The van der Waals surface area contributed by atoms with Crippen LogP contribution in [0.2, 0.25) is 0 Å². The van der Waals surface area contributed by atoms with E-state index in [1.165, 1.54) is 19.3 Å². The van der Waals surface area contributed by atoms with E-state index >= 15 is 0 Å². The van der Waals surface area contributed by atoms with Crippen LogP contribution in [0.5, 0.6) is 0 Å². The second kappa shape index (κ2) is 10.7. The van der Waals surface area contributed by atoms with Crippen molar-refractivity contribution in [3.05, 3.63) is 29.8 Å². The Labute approximate surface area is 203 Å². The lowest BCUT2D eigenvalue weighted by atomic mass is 9.78. The number of hydrogen-bond donors (Lipinski definition) is 2. The van der Waals surface area contributed by atoms with Crippen LogP contribution in [0.4, 0.5) is 11.5 Å². The van der Waals surface area contributed by atoms with Crippen LogP contribution in [-0.2, 0) is 9.59 Å². The molecule has 0 spiro atoms. The summed E-state index contributed by atoms with van der Waals surface area (Å²) in [5.74, 6) is 2.78. The van der Waals surface area contributed by atoms with Gasteiger partial charge in [-0.25, -0.2) is 4.98 Å². The Morgan fingerprint density at radius 1 is 1.00 bits per heavy atom. The van der Waals surface area contributed by atoms with Crippen molar-refractivity contribution in [2.45, 2.75) is 78.7 Å². The van der Waals surface area contributed by atoms with E-state index < -0.39 is 0 Å². The van der Waals surface area contributed by atoms with Crippen LogP contribution < -0.4 is 15.5 Å². The maximum absolute atomic E-state index is 12.5. The van der Waals surface area contributed by atoms with E-state index in [1.54, 1.807) is 0 Å². The third kappa shape index (κ3) is 5.89. The number of piperidine rings is 1. The maximum atomic E-state index is 12.5. The van der Waals surface area contributed by atoms with E-state index in [4.69, 9.17) is 4.98 Å². The summed E-state index contributed by atoms with van der Waals surface area (Å²) in [6.45, 7) is 11.0. The molecule has 0 unspecified atom stereocenters. The van der Waals surface area contributed by atoms with Gasteiger partial charge in [0.05, 0.1) is 5.52 Å². The Kier molecular flexibility index (Phi) is 7.74. The average molecular weight is 465 g/mol. The van der Waals surface area contributed by atoms with Gasteiger partial charge in [-0.1, -0.05) is 33.6 Å². The molecular weight excluding hydrogens is 424 g/mol. The fourth-order valence-electron chi connectivity index (χ4n) is 5.37. The normalized spacial score (nSPS) is 23.6. The van der Waals surface area contributed by atoms with Gasteiger partial charge in [0.1, 0.15) is 5.82 Å². The highest BCUT2D eigenvalue weighted by Gasteiger charge is 2.28. The molecule has 1 saturated carbocycles. The third-order valence-electron chi connectivity index (χ3n) is 8.03. The summed E-state index contributed by atoms with van der Waals surface area (Å²) in [5, 5.41) is 7.16. The van der Waals surface area contributed by atoms with Crippen LogP contribution in [0, 0.1) is 24.7 Å². The topological polar surface area (TPSA) is 74.3 Å². The number of rotatable bonds is 6. The van der Waals surface area contributed by atoms with E-state index in [0.717, 1.165) is 59.8 Å². The molecular formula is C28H40N4O2.